The highest BCUT2D eigenvalue weighted by Gasteiger charge is 2.17. The second kappa shape index (κ2) is 8.31. The largest absolute Gasteiger partial charge is 0.497 e. The van der Waals surface area contributed by atoms with E-state index in [0.29, 0.717) is 6.61 Å². The number of methoxy groups -OCH3 is 1. The number of ether oxygens (including phenoxy) is 2. The van der Waals surface area contributed by atoms with E-state index in [4.69, 9.17) is 9.47 Å². The van der Waals surface area contributed by atoms with Gasteiger partial charge in [-0.25, -0.2) is 0 Å². The molecule has 2 nitrogen and oxygen atoms in total. The van der Waals surface area contributed by atoms with E-state index < -0.39 is 0 Å². The zero-order valence-corrected chi connectivity index (χ0v) is 12.9. The highest BCUT2D eigenvalue weighted by Crippen LogP contribution is 2.30. The van der Waals surface area contributed by atoms with Gasteiger partial charge in [-0.15, -0.1) is 0 Å². The Morgan fingerprint density at radius 2 is 1.75 bits per heavy atom. The van der Waals surface area contributed by atoms with Gasteiger partial charge in [0.2, 0.25) is 0 Å². The molecule has 1 saturated carbocycles. The van der Waals surface area contributed by atoms with Crippen LogP contribution in [-0.2, 0) is 11.3 Å². The van der Waals surface area contributed by atoms with E-state index in [-0.39, 0.29) is 0 Å². The monoisotopic (exact) mass is 276 g/mol. The molecule has 0 amide bonds. The van der Waals surface area contributed by atoms with Crippen molar-refractivity contribution in [2.24, 2.45) is 11.8 Å². The van der Waals surface area contributed by atoms with Crippen molar-refractivity contribution in [3.8, 4) is 5.75 Å². The smallest absolute Gasteiger partial charge is 0.118 e. The first-order chi connectivity index (χ1) is 9.78. The molecule has 0 atom stereocenters. The molecular weight excluding hydrogens is 248 g/mol. The first-order valence-corrected chi connectivity index (χ1v) is 7.98. The van der Waals surface area contributed by atoms with E-state index >= 15 is 0 Å². The molecule has 0 aliphatic heterocycles. The lowest BCUT2D eigenvalue weighted by atomic mass is 9.81. The quantitative estimate of drug-likeness (QED) is 0.665. The van der Waals surface area contributed by atoms with Crippen molar-refractivity contribution < 1.29 is 9.47 Å². The summed E-state index contributed by atoms with van der Waals surface area (Å²) >= 11 is 0. The van der Waals surface area contributed by atoms with Gasteiger partial charge in [-0.3, -0.25) is 0 Å². The normalized spacial score (nSPS) is 22.7. The number of benzene rings is 1. The summed E-state index contributed by atoms with van der Waals surface area (Å²) in [6, 6.07) is 8.12. The summed E-state index contributed by atoms with van der Waals surface area (Å²) in [5, 5.41) is 0. The Morgan fingerprint density at radius 3 is 2.40 bits per heavy atom. The molecule has 20 heavy (non-hydrogen) atoms. The molecule has 0 bridgehead atoms. The maximum Gasteiger partial charge on any atom is 0.118 e. The van der Waals surface area contributed by atoms with Crippen LogP contribution in [0.1, 0.15) is 51.0 Å². The van der Waals surface area contributed by atoms with E-state index in [1.54, 1.807) is 7.11 Å². The molecule has 0 aromatic heterocycles. The van der Waals surface area contributed by atoms with Gasteiger partial charge in [0.15, 0.2) is 0 Å². The Kier molecular flexibility index (Phi) is 6.38. The van der Waals surface area contributed by atoms with Crippen LogP contribution in [0, 0.1) is 11.8 Å². The van der Waals surface area contributed by atoms with Crippen molar-refractivity contribution in [2.75, 3.05) is 13.7 Å². The Labute approximate surface area is 123 Å². The highest BCUT2D eigenvalue weighted by molar-refractivity contribution is 5.26. The second-order valence-electron chi connectivity index (χ2n) is 6.17. The number of hydrogen-bond donors (Lipinski definition) is 0. The fourth-order valence-electron chi connectivity index (χ4n) is 3.00. The average Bonchev–Trinajstić information content (AvgIpc) is 2.49. The molecule has 112 valence electrons. The molecule has 1 aromatic carbocycles. The summed E-state index contributed by atoms with van der Waals surface area (Å²) in [7, 11) is 1.69. The predicted octanol–water partition coefficient (Wildman–Crippen LogP) is 4.82. The highest BCUT2D eigenvalue weighted by atomic mass is 16.5. The van der Waals surface area contributed by atoms with Gasteiger partial charge in [-0.1, -0.05) is 44.7 Å². The lowest BCUT2D eigenvalue weighted by Gasteiger charge is -2.25. The summed E-state index contributed by atoms with van der Waals surface area (Å²) < 4.78 is 10.9. The van der Waals surface area contributed by atoms with Crippen LogP contribution in [0.25, 0.3) is 0 Å². The van der Waals surface area contributed by atoms with Crippen LogP contribution in [0.3, 0.4) is 0 Å². The average molecular weight is 276 g/mol. The van der Waals surface area contributed by atoms with Gasteiger partial charge in [-0.2, -0.15) is 0 Å². The molecule has 0 N–H and O–H groups in total. The van der Waals surface area contributed by atoms with Gasteiger partial charge in [0.05, 0.1) is 13.7 Å². The third-order valence-electron chi connectivity index (χ3n) is 4.46. The summed E-state index contributed by atoms with van der Waals surface area (Å²) in [4.78, 5) is 0. The lowest BCUT2D eigenvalue weighted by Crippen LogP contribution is -2.12. The van der Waals surface area contributed by atoms with Gasteiger partial charge in [0.25, 0.3) is 0 Å². The van der Waals surface area contributed by atoms with E-state index in [0.717, 1.165) is 24.2 Å². The molecule has 0 heterocycles. The fourth-order valence-corrected chi connectivity index (χ4v) is 3.00. The van der Waals surface area contributed by atoms with Crippen molar-refractivity contribution in [1.29, 1.82) is 0 Å². The molecule has 0 unspecified atom stereocenters. The second-order valence-corrected chi connectivity index (χ2v) is 6.17. The van der Waals surface area contributed by atoms with Crippen molar-refractivity contribution in [2.45, 2.75) is 52.1 Å². The standard InChI is InChI=1S/C18H28O2/c1-15-5-7-16(8-6-15)4-3-13-20-14-17-9-11-18(19-2)12-10-17/h9-12,15-16H,3-8,13-14H2,1-2H3. The summed E-state index contributed by atoms with van der Waals surface area (Å²) in [6.07, 6.45) is 8.26. The molecule has 2 heteroatoms. The van der Waals surface area contributed by atoms with Crippen LogP contribution in [0.2, 0.25) is 0 Å². The first kappa shape index (κ1) is 15.4. The third kappa shape index (κ3) is 5.16. The Balaban J connectivity index is 1.55. The summed E-state index contributed by atoms with van der Waals surface area (Å²) in [6.45, 7) is 3.98. The Hall–Kier alpha value is -1.02. The van der Waals surface area contributed by atoms with Crippen LogP contribution in [0.5, 0.6) is 5.75 Å². The molecule has 1 aliphatic carbocycles. The topological polar surface area (TPSA) is 18.5 Å². The van der Waals surface area contributed by atoms with Gasteiger partial charge in [-0.05, 0) is 42.4 Å². The molecule has 0 saturated heterocycles. The maximum atomic E-state index is 5.76. The SMILES string of the molecule is COc1ccc(COCCCC2CCC(C)CC2)cc1. The summed E-state index contributed by atoms with van der Waals surface area (Å²) in [5.41, 5.74) is 1.22. The minimum absolute atomic E-state index is 0.714. The molecule has 1 aliphatic rings. The van der Waals surface area contributed by atoms with Crippen LogP contribution in [0.15, 0.2) is 24.3 Å². The minimum Gasteiger partial charge on any atom is -0.497 e. The first-order valence-electron chi connectivity index (χ1n) is 7.98. The van der Waals surface area contributed by atoms with E-state index in [1.165, 1.54) is 44.1 Å². The van der Waals surface area contributed by atoms with Crippen LogP contribution in [-0.4, -0.2) is 13.7 Å². The Bertz CT molecular complexity index is 364. The molecule has 2 rings (SSSR count). The minimum atomic E-state index is 0.714. The maximum absolute atomic E-state index is 5.76. The van der Waals surface area contributed by atoms with Crippen molar-refractivity contribution in [3.05, 3.63) is 29.8 Å². The van der Waals surface area contributed by atoms with Crippen LogP contribution in [0.4, 0.5) is 0 Å². The van der Waals surface area contributed by atoms with Crippen LogP contribution < -0.4 is 4.74 Å². The van der Waals surface area contributed by atoms with Crippen molar-refractivity contribution in [3.63, 3.8) is 0 Å². The zero-order chi connectivity index (χ0) is 14.2. The number of rotatable bonds is 7. The molecular formula is C18H28O2. The van der Waals surface area contributed by atoms with E-state index in [9.17, 15) is 0 Å². The lowest BCUT2D eigenvalue weighted by molar-refractivity contribution is 0.111. The van der Waals surface area contributed by atoms with Gasteiger partial charge >= 0.3 is 0 Å². The number of hydrogen-bond acceptors (Lipinski definition) is 2. The third-order valence-corrected chi connectivity index (χ3v) is 4.46. The molecule has 1 fully saturated rings. The van der Waals surface area contributed by atoms with E-state index in [2.05, 4.69) is 19.1 Å². The fraction of sp³-hybridized carbons (Fsp3) is 0.667. The van der Waals surface area contributed by atoms with Gasteiger partial charge in [0.1, 0.15) is 5.75 Å². The molecule has 1 aromatic rings. The molecule has 0 radical (unpaired) electrons. The predicted molar refractivity (Wildman–Crippen MR) is 83.0 cm³/mol. The van der Waals surface area contributed by atoms with Crippen molar-refractivity contribution >= 4 is 0 Å². The van der Waals surface area contributed by atoms with Gasteiger partial charge in [0, 0.05) is 6.61 Å². The van der Waals surface area contributed by atoms with Gasteiger partial charge < -0.3 is 9.47 Å². The van der Waals surface area contributed by atoms with Crippen LogP contribution >= 0.6 is 0 Å². The Morgan fingerprint density at radius 1 is 1.05 bits per heavy atom. The summed E-state index contributed by atoms with van der Waals surface area (Å²) in [5.74, 6) is 2.81. The zero-order valence-electron chi connectivity index (χ0n) is 12.9. The van der Waals surface area contributed by atoms with E-state index in [1.807, 2.05) is 12.1 Å². The van der Waals surface area contributed by atoms with Crippen molar-refractivity contribution in [1.82, 2.24) is 0 Å². The molecule has 0 spiro atoms.